The Morgan fingerprint density at radius 2 is 1.94 bits per heavy atom. The van der Waals surface area contributed by atoms with Gasteiger partial charge in [-0.15, -0.1) is 0 Å². The molecule has 0 aromatic carbocycles. The smallest absolute Gasteiger partial charge is 0.252 e. The van der Waals surface area contributed by atoms with Crippen molar-refractivity contribution in [2.75, 3.05) is 11.9 Å². The van der Waals surface area contributed by atoms with E-state index in [1.165, 1.54) is 5.82 Å². The van der Waals surface area contributed by atoms with Gasteiger partial charge in [-0.3, -0.25) is 0 Å². The van der Waals surface area contributed by atoms with Crippen LogP contribution >= 0.6 is 0 Å². The Balaban J connectivity index is 2.13. The Bertz CT molecular complexity index is 472. The highest BCUT2D eigenvalue weighted by molar-refractivity contribution is 6.80. The molecule has 18 heavy (non-hydrogen) atoms. The topological polar surface area (TPSA) is 24.3 Å². The van der Waals surface area contributed by atoms with Crippen molar-refractivity contribution in [1.82, 2.24) is 14.6 Å². The van der Waals surface area contributed by atoms with Crippen LogP contribution in [0.25, 0.3) is 0 Å². The molecule has 96 valence electrons. The average Bonchev–Trinajstić information content (AvgIpc) is 2.86. The van der Waals surface area contributed by atoms with E-state index in [1.807, 2.05) is 6.20 Å². The molecule has 1 fully saturated rings. The third-order valence-corrected chi connectivity index (χ3v) is 5.32. The second-order valence-electron chi connectivity index (χ2n) is 6.54. The van der Waals surface area contributed by atoms with Gasteiger partial charge < -0.3 is 9.62 Å². The van der Waals surface area contributed by atoms with E-state index in [4.69, 9.17) is 0 Å². The molecule has 1 saturated heterocycles. The standard InChI is InChI=1S/C12H22B2N4/c1-9-13(4)16(6)11-12(2,3)18-10(7-8-15-18)17(11)14(9)5/h7-9,11H,1-6H3. The lowest BCUT2D eigenvalue weighted by atomic mass is 9.30. The molecule has 0 saturated carbocycles. The number of hydrogen-bond acceptors (Lipinski definition) is 3. The number of aromatic nitrogens is 2. The summed E-state index contributed by atoms with van der Waals surface area (Å²) >= 11 is 0. The van der Waals surface area contributed by atoms with Gasteiger partial charge in [-0.05, 0) is 27.0 Å². The summed E-state index contributed by atoms with van der Waals surface area (Å²) in [5.41, 5.74) is 0.680. The second-order valence-corrected chi connectivity index (χ2v) is 6.54. The van der Waals surface area contributed by atoms with Crippen molar-refractivity contribution in [3.8, 4) is 0 Å². The molecule has 0 radical (unpaired) electrons. The second kappa shape index (κ2) is 3.56. The van der Waals surface area contributed by atoms with Crippen molar-refractivity contribution < 1.29 is 0 Å². The molecular formula is C12H22B2N4. The largest absolute Gasteiger partial charge is 0.385 e. The molecule has 4 nitrogen and oxygen atoms in total. The molecule has 0 bridgehead atoms. The average molecular weight is 244 g/mol. The first-order valence-corrected chi connectivity index (χ1v) is 6.92. The summed E-state index contributed by atoms with van der Waals surface area (Å²) in [6, 6.07) is 2.15. The molecule has 0 spiro atoms. The molecule has 0 aliphatic carbocycles. The van der Waals surface area contributed by atoms with E-state index in [0.717, 1.165) is 0 Å². The fourth-order valence-corrected chi connectivity index (χ4v) is 3.89. The Labute approximate surface area is 111 Å². The summed E-state index contributed by atoms with van der Waals surface area (Å²) in [5.74, 6) is 1.27. The van der Waals surface area contributed by atoms with E-state index in [0.29, 0.717) is 25.6 Å². The predicted octanol–water partition coefficient (Wildman–Crippen LogP) is 1.88. The third kappa shape index (κ3) is 1.25. The highest BCUT2D eigenvalue weighted by Crippen LogP contribution is 2.45. The summed E-state index contributed by atoms with van der Waals surface area (Å²) in [6.45, 7) is 12.8. The van der Waals surface area contributed by atoms with E-state index >= 15 is 0 Å². The lowest BCUT2D eigenvalue weighted by Gasteiger charge is -2.51. The molecule has 2 unspecified atom stereocenters. The van der Waals surface area contributed by atoms with Crippen LogP contribution in [0.4, 0.5) is 5.82 Å². The number of likely N-dealkylation sites (N-methyl/N-ethyl adjacent to an activating group) is 1. The first kappa shape index (κ1) is 12.2. The van der Waals surface area contributed by atoms with E-state index in [-0.39, 0.29) is 5.54 Å². The highest BCUT2D eigenvalue weighted by atomic mass is 15.5. The summed E-state index contributed by atoms with van der Waals surface area (Å²) in [6.07, 6.45) is 2.32. The molecule has 2 atom stereocenters. The van der Waals surface area contributed by atoms with Crippen LogP contribution in [0.3, 0.4) is 0 Å². The van der Waals surface area contributed by atoms with Gasteiger partial charge in [0.05, 0.1) is 17.9 Å². The summed E-state index contributed by atoms with van der Waals surface area (Å²) < 4.78 is 2.19. The zero-order valence-corrected chi connectivity index (χ0v) is 12.3. The number of rotatable bonds is 0. The minimum absolute atomic E-state index is 0.0241. The molecular weight excluding hydrogens is 222 g/mol. The van der Waals surface area contributed by atoms with Crippen LogP contribution in [-0.4, -0.2) is 41.5 Å². The Morgan fingerprint density at radius 1 is 1.28 bits per heavy atom. The predicted molar refractivity (Wildman–Crippen MR) is 78.2 cm³/mol. The fourth-order valence-electron chi connectivity index (χ4n) is 3.89. The van der Waals surface area contributed by atoms with Gasteiger partial charge in [-0.2, -0.15) is 5.10 Å². The zero-order chi connectivity index (χ0) is 13.2. The van der Waals surface area contributed by atoms with Gasteiger partial charge in [0.15, 0.2) is 0 Å². The van der Waals surface area contributed by atoms with E-state index in [1.54, 1.807) is 0 Å². The van der Waals surface area contributed by atoms with Gasteiger partial charge in [0.2, 0.25) is 6.85 Å². The Kier molecular flexibility index (Phi) is 2.40. The highest BCUT2D eigenvalue weighted by Gasteiger charge is 2.55. The van der Waals surface area contributed by atoms with Gasteiger partial charge in [-0.25, -0.2) is 4.68 Å². The van der Waals surface area contributed by atoms with E-state index in [2.05, 4.69) is 66.9 Å². The molecule has 1 aromatic rings. The van der Waals surface area contributed by atoms with Gasteiger partial charge in [0, 0.05) is 0 Å². The maximum Gasteiger partial charge on any atom is 0.252 e. The number of fused-ring (bicyclic) bond motifs is 3. The molecule has 3 heterocycles. The van der Waals surface area contributed by atoms with Crippen LogP contribution in [0.15, 0.2) is 12.3 Å². The van der Waals surface area contributed by atoms with Crippen molar-refractivity contribution in [2.45, 2.75) is 51.8 Å². The molecule has 0 amide bonds. The molecule has 2 aliphatic rings. The number of hydrogen-bond donors (Lipinski definition) is 0. The van der Waals surface area contributed by atoms with Crippen molar-refractivity contribution >= 4 is 19.5 Å². The molecule has 1 aromatic heterocycles. The molecule has 0 N–H and O–H groups in total. The third-order valence-electron chi connectivity index (χ3n) is 5.32. The SMILES string of the molecule is CB1C(C)B(C)N2c3ccnn3C(C)(C)C2N1C. The maximum absolute atomic E-state index is 4.54. The fraction of sp³-hybridized carbons (Fsp3) is 0.750. The first-order valence-electron chi connectivity index (χ1n) is 6.92. The van der Waals surface area contributed by atoms with Crippen LogP contribution in [0.2, 0.25) is 19.4 Å². The van der Waals surface area contributed by atoms with Crippen molar-refractivity contribution in [2.24, 2.45) is 0 Å². The number of nitrogens with zero attached hydrogens (tertiary/aromatic N) is 4. The minimum Gasteiger partial charge on any atom is -0.385 e. The summed E-state index contributed by atoms with van der Waals surface area (Å²) in [4.78, 5) is 5.07. The molecule has 3 rings (SSSR count). The quantitative estimate of drug-likeness (QED) is 0.651. The van der Waals surface area contributed by atoms with E-state index < -0.39 is 0 Å². The van der Waals surface area contributed by atoms with Crippen LogP contribution in [-0.2, 0) is 5.54 Å². The van der Waals surface area contributed by atoms with Crippen molar-refractivity contribution in [1.29, 1.82) is 0 Å². The Morgan fingerprint density at radius 3 is 2.61 bits per heavy atom. The zero-order valence-electron chi connectivity index (χ0n) is 12.3. The Hall–Kier alpha value is -0.900. The van der Waals surface area contributed by atoms with E-state index in [9.17, 15) is 0 Å². The van der Waals surface area contributed by atoms with Gasteiger partial charge in [0.25, 0.3) is 6.85 Å². The maximum atomic E-state index is 4.54. The monoisotopic (exact) mass is 244 g/mol. The van der Waals surface area contributed by atoms with Crippen LogP contribution in [0.1, 0.15) is 20.8 Å². The van der Waals surface area contributed by atoms with Crippen LogP contribution in [0, 0.1) is 0 Å². The molecule has 2 aliphatic heterocycles. The van der Waals surface area contributed by atoms with Crippen molar-refractivity contribution in [3.63, 3.8) is 0 Å². The van der Waals surface area contributed by atoms with Gasteiger partial charge in [0.1, 0.15) is 5.82 Å². The van der Waals surface area contributed by atoms with Crippen LogP contribution in [0.5, 0.6) is 0 Å². The van der Waals surface area contributed by atoms with Gasteiger partial charge >= 0.3 is 0 Å². The van der Waals surface area contributed by atoms with Gasteiger partial charge in [-0.1, -0.05) is 26.3 Å². The molecule has 6 heteroatoms. The number of anilines is 1. The van der Waals surface area contributed by atoms with Crippen LogP contribution < -0.4 is 4.81 Å². The minimum atomic E-state index is 0.0241. The lowest BCUT2D eigenvalue weighted by Crippen LogP contribution is -2.68. The summed E-state index contributed by atoms with van der Waals surface area (Å²) in [7, 11) is 2.25. The normalized spacial score (nSPS) is 30.7. The first-order chi connectivity index (χ1) is 8.37. The lowest BCUT2D eigenvalue weighted by molar-refractivity contribution is 0.201. The summed E-state index contributed by atoms with van der Waals surface area (Å²) in [5, 5.41) is 4.54. The van der Waals surface area contributed by atoms with Crippen molar-refractivity contribution in [3.05, 3.63) is 12.3 Å².